The maximum atomic E-state index is 11.8. The Balaban J connectivity index is 1.81. The molecule has 0 bridgehead atoms. The molecule has 0 heterocycles. The zero-order valence-corrected chi connectivity index (χ0v) is 13.5. The molecule has 0 fully saturated rings. The number of para-hydroxylation sites is 1. The van der Waals surface area contributed by atoms with Crippen molar-refractivity contribution in [2.24, 2.45) is 5.10 Å². The van der Waals surface area contributed by atoms with Gasteiger partial charge in [0.05, 0.1) is 23.0 Å². The topological polar surface area (TPSA) is 53.5 Å². The summed E-state index contributed by atoms with van der Waals surface area (Å²) in [5.41, 5.74) is 5.00. The average Bonchev–Trinajstić information content (AvgIpc) is 2.58. The molecule has 0 aromatic heterocycles. The van der Waals surface area contributed by atoms with Crippen LogP contribution in [0.3, 0.4) is 0 Å². The first kappa shape index (κ1) is 16.8. The average molecular weight is 328 g/mol. The van der Waals surface area contributed by atoms with Crippen molar-refractivity contribution >= 4 is 35.0 Å². The van der Waals surface area contributed by atoms with Gasteiger partial charge in [-0.1, -0.05) is 60.1 Å². The molecule has 2 aromatic rings. The smallest absolute Gasteiger partial charge is 0.259 e. The molecule has 0 aliphatic rings. The zero-order chi connectivity index (χ0) is 16.5. The zero-order valence-electron chi connectivity index (χ0n) is 12.8. The predicted molar refractivity (Wildman–Crippen MR) is 96.7 cm³/mol. The molecule has 2 rings (SSSR count). The fourth-order valence-electron chi connectivity index (χ4n) is 1.79. The summed E-state index contributed by atoms with van der Waals surface area (Å²) >= 11 is 6.00. The van der Waals surface area contributed by atoms with Gasteiger partial charge in [0, 0.05) is 0 Å². The fourth-order valence-corrected chi connectivity index (χ4v) is 1.99. The molecule has 0 saturated carbocycles. The molecule has 2 aromatic carbocycles. The highest BCUT2D eigenvalue weighted by atomic mass is 35.5. The Bertz CT molecular complexity index is 711. The highest BCUT2D eigenvalue weighted by Crippen LogP contribution is 2.19. The maximum Gasteiger partial charge on any atom is 0.259 e. The number of hydrogen-bond acceptors (Lipinski definition) is 3. The van der Waals surface area contributed by atoms with Crippen LogP contribution in [0.25, 0.3) is 6.08 Å². The van der Waals surface area contributed by atoms with Crippen LogP contribution in [0.5, 0.6) is 0 Å². The van der Waals surface area contributed by atoms with E-state index in [1.165, 1.54) is 0 Å². The Morgan fingerprint density at radius 3 is 2.57 bits per heavy atom. The van der Waals surface area contributed by atoms with Crippen LogP contribution < -0.4 is 10.7 Å². The second-order valence-corrected chi connectivity index (χ2v) is 5.27. The van der Waals surface area contributed by atoms with Gasteiger partial charge < -0.3 is 5.32 Å². The number of nitrogens with zero attached hydrogens (tertiary/aromatic N) is 1. The molecule has 118 valence electrons. The first-order valence-electron chi connectivity index (χ1n) is 7.20. The number of rotatable bonds is 6. The first-order chi connectivity index (χ1) is 11.1. The summed E-state index contributed by atoms with van der Waals surface area (Å²) in [5.74, 6) is -0.239. The number of hydrazone groups is 1. The molecular weight excluding hydrogens is 310 g/mol. The summed E-state index contributed by atoms with van der Waals surface area (Å²) in [4.78, 5) is 11.8. The maximum absolute atomic E-state index is 11.8. The Morgan fingerprint density at radius 2 is 1.83 bits per heavy atom. The molecule has 0 saturated heterocycles. The van der Waals surface area contributed by atoms with Crippen LogP contribution in [-0.2, 0) is 4.79 Å². The highest BCUT2D eigenvalue weighted by Gasteiger charge is 2.02. The lowest BCUT2D eigenvalue weighted by molar-refractivity contribution is -0.119. The van der Waals surface area contributed by atoms with E-state index in [-0.39, 0.29) is 12.5 Å². The first-order valence-corrected chi connectivity index (χ1v) is 7.57. The molecule has 0 radical (unpaired) electrons. The van der Waals surface area contributed by atoms with Crippen molar-refractivity contribution in [2.75, 3.05) is 11.9 Å². The van der Waals surface area contributed by atoms with Crippen molar-refractivity contribution in [1.82, 2.24) is 5.43 Å². The quantitative estimate of drug-likeness (QED) is 0.623. The minimum atomic E-state index is -0.239. The molecule has 4 nitrogen and oxygen atoms in total. The van der Waals surface area contributed by atoms with Crippen LogP contribution in [0.4, 0.5) is 5.69 Å². The van der Waals surface area contributed by atoms with Crippen LogP contribution >= 0.6 is 11.6 Å². The van der Waals surface area contributed by atoms with E-state index < -0.39 is 0 Å². The lowest BCUT2D eigenvalue weighted by Gasteiger charge is -2.06. The van der Waals surface area contributed by atoms with Gasteiger partial charge in [0.2, 0.25) is 0 Å². The normalized spacial score (nSPS) is 11.5. The number of halogens is 1. The van der Waals surface area contributed by atoms with E-state index in [1.807, 2.05) is 67.6 Å². The van der Waals surface area contributed by atoms with Gasteiger partial charge in [-0.2, -0.15) is 5.10 Å². The van der Waals surface area contributed by atoms with E-state index in [0.29, 0.717) is 16.4 Å². The van der Waals surface area contributed by atoms with E-state index in [0.717, 1.165) is 5.56 Å². The van der Waals surface area contributed by atoms with Gasteiger partial charge in [0.1, 0.15) is 0 Å². The highest BCUT2D eigenvalue weighted by molar-refractivity contribution is 6.33. The van der Waals surface area contributed by atoms with Crippen LogP contribution in [0.2, 0.25) is 5.02 Å². The predicted octanol–water partition coefficient (Wildman–Crippen LogP) is 3.96. The van der Waals surface area contributed by atoms with Crippen LogP contribution in [0, 0.1) is 0 Å². The van der Waals surface area contributed by atoms with Gasteiger partial charge in [-0.15, -0.1) is 0 Å². The van der Waals surface area contributed by atoms with Gasteiger partial charge in [-0.3, -0.25) is 4.79 Å². The largest absolute Gasteiger partial charge is 0.375 e. The number of allylic oxidation sites excluding steroid dienone is 1. The Morgan fingerprint density at radius 1 is 1.13 bits per heavy atom. The summed E-state index contributed by atoms with van der Waals surface area (Å²) in [6.07, 6.45) is 3.78. The second-order valence-electron chi connectivity index (χ2n) is 4.87. The van der Waals surface area contributed by atoms with Crippen molar-refractivity contribution in [3.8, 4) is 0 Å². The lowest BCUT2D eigenvalue weighted by atomic mass is 10.2. The van der Waals surface area contributed by atoms with E-state index in [4.69, 9.17) is 11.6 Å². The summed E-state index contributed by atoms with van der Waals surface area (Å²) in [5, 5.41) is 7.57. The number of hydrogen-bond donors (Lipinski definition) is 2. The second kappa shape index (κ2) is 8.76. The van der Waals surface area contributed by atoms with Gasteiger partial charge in [0.15, 0.2) is 0 Å². The summed E-state index contributed by atoms with van der Waals surface area (Å²) in [6, 6.07) is 17.1. The third-order valence-corrected chi connectivity index (χ3v) is 3.32. The standard InChI is InChI=1S/C18H18ClN3O/c1-14(11-12-15-7-3-2-4-8-15)21-22-18(23)13-20-17-10-6-5-9-16(17)19/h2-12,20H,13H2,1H3,(H,22,23)/b12-11-,21-14?. The van der Waals surface area contributed by atoms with Gasteiger partial charge >= 0.3 is 0 Å². The minimum absolute atomic E-state index is 0.100. The SMILES string of the molecule is CC(/C=C\c1ccccc1)=NNC(=O)CNc1ccccc1Cl. The monoisotopic (exact) mass is 327 g/mol. The third-order valence-electron chi connectivity index (χ3n) is 2.99. The Labute approximate surface area is 140 Å². The number of nitrogens with one attached hydrogen (secondary N) is 2. The number of amides is 1. The van der Waals surface area contributed by atoms with Crippen molar-refractivity contribution < 1.29 is 4.79 Å². The number of anilines is 1. The number of carbonyl (C=O) groups excluding carboxylic acids is 1. The van der Waals surface area contributed by atoms with Gasteiger partial charge in [-0.05, 0) is 30.7 Å². The summed E-state index contributed by atoms with van der Waals surface area (Å²) in [7, 11) is 0. The Hall–Kier alpha value is -2.59. The lowest BCUT2D eigenvalue weighted by Crippen LogP contribution is -2.26. The molecule has 0 unspecified atom stereocenters. The van der Waals surface area contributed by atoms with Gasteiger partial charge in [0.25, 0.3) is 5.91 Å². The number of benzene rings is 2. The summed E-state index contributed by atoms with van der Waals surface area (Å²) in [6.45, 7) is 1.92. The van der Waals surface area contributed by atoms with Gasteiger partial charge in [-0.25, -0.2) is 5.43 Å². The van der Waals surface area contributed by atoms with E-state index in [9.17, 15) is 4.79 Å². The molecule has 0 aliphatic heterocycles. The minimum Gasteiger partial charge on any atom is -0.375 e. The van der Waals surface area contributed by atoms with Crippen LogP contribution in [0.15, 0.2) is 65.8 Å². The van der Waals surface area contributed by atoms with E-state index in [1.54, 1.807) is 6.07 Å². The number of carbonyl (C=O) groups is 1. The summed E-state index contributed by atoms with van der Waals surface area (Å²) < 4.78 is 0. The van der Waals surface area contributed by atoms with E-state index >= 15 is 0 Å². The molecule has 0 aliphatic carbocycles. The van der Waals surface area contributed by atoms with Crippen LogP contribution in [-0.4, -0.2) is 18.2 Å². The molecule has 0 spiro atoms. The molecule has 5 heteroatoms. The van der Waals surface area contributed by atoms with Crippen molar-refractivity contribution in [2.45, 2.75) is 6.92 Å². The molecule has 2 N–H and O–H groups in total. The Kier molecular flexibility index (Phi) is 6.39. The van der Waals surface area contributed by atoms with Crippen LogP contribution in [0.1, 0.15) is 12.5 Å². The van der Waals surface area contributed by atoms with Crippen molar-refractivity contribution in [3.63, 3.8) is 0 Å². The molecule has 23 heavy (non-hydrogen) atoms. The molecule has 1 amide bonds. The van der Waals surface area contributed by atoms with E-state index in [2.05, 4.69) is 15.8 Å². The fraction of sp³-hybridized carbons (Fsp3) is 0.111. The third kappa shape index (κ3) is 5.96. The molecular formula is C18H18ClN3O. The van der Waals surface area contributed by atoms with Crippen molar-refractivity contribution in [3.05, 3.63) is 71.3 Å². The molecule has 0 atom stereocenters. The van der Waals surface area contributed by atoms with Crippen molar-refractivity contribution in [1.29, 1.82) is 0 Å².